The fourth-order valence-electron chi connectivity index (χ4n) is 6.05. The molecule has 2 bridgehead atoms. The maximum Gasteiger partial charge on any atom is 0.227 e. The third-order valence-corrected chi connectivity index (χ3v) is 7.72. The minimum absolute atomic E-state index is 0.177. The summed E-state index contributed by atoms with van der Waals surface area (Å²) in [6.07, 6.45) is 12.4. The Labute approximate surface area is 173 Å². The lowest BCUT2D eigenvalue weighted by atomic mass is 9.75. The van der Waals surface area contributed by atoms with E-state index < -0.39 is 0 Å². The first-order chi connectivity index (χ1) is 14.3. The van der Waals surface area contributed by atoms with E-state index in [1.54, 1.807) is 0 Å². The summed E-state index contributed by atoms with van der Waals surface area (Å²) in [6, 6.07) is 0.492. The van der Waals surface area contributed by atoms with Crippen molar-refractivity contribution in [2.75, 3.05) is 39.4 Å². The predicted octanol–water partition coefficient (Wildman–Crippen LogP) is 1.97. The van der Waals surface area contributed by atoms with E-state index in [9.17, 15) is 4.79 Å². The minimum atomic E-state index is 0.177. The van der Waals surface area contributed by atoms with Crippen LogP contribution in [0.3, 0.4) is 0 Å². The van der Waals surface area contributed by atoms with Crippen LogP contribution in [0.4, 0.5) is 0 Å². The molecule has 7 heteroatoms. The van der Waals surface area contributed by atoms with Crippen molar-refractivity contribution in [1.29, 1.82) is 0 Å². The molecule has 29 heavy (non-hydrogen) atoms. The van der Waals surface area contributed by atoms with Crippen LogP contribution in [-0.2, 0) is 22.5 Å². The number of carbonyl (C=O) groups excluding carboxylic acids is 1. The van der Waals surface area contributed by atoms with E-state index in [0.29, 0.717) is 31.1 Å². The topological polar surface area (TPSA) is 63.5 Å². The van der Waals surface area contributed by atoms with Crippen molar-refractivity contribution in [2.24, 2.45) is 17.8 Å². The molecule has 5 heterocycles. The van der Waals surface area contributed by atoms with Crippen LogP contribution in [0.15, 0.2) is 6.20 Å². The van der Waals surface area contributed by atoms with Crippen molar-refractivity contribution < 1.29 is 9.53 Å². The van der Waals surface area contributed by atoms with E-state index in [1.165, 1.54) is 32.1 Å². The molecule has 4 atom stereocenters. The smallest absolute Gasteiger partial charge is 0.227 e. The predicted molar refractivity (Wildman–Crippen MR) is 109 cm³/mol. The highest BCUT2D eigenvalue weighted by Crippen LogP contribution is 2.38. The molecule has 0 N–H and O–H groups in total. The summed E-state index contributed by atoms with van der Waals surface area (Å²) < 4.78 is 7.47. The van der Waals surface area contributed by atoms with Crippen LogP contribution in [-0.4, -0.2) is 76.1 Å². The van der Waals surface area contributed by atoms with Crippen LogP contribution < -0.4 is 0 Å². The molecule has 0 spiro atoms. The zero-order valence-corrected chi connectivity index (χ0v) is 17.5. The van der Waals surface area contributed by atoms with Gasteiger partial charge in [0.1, 0.15) is 0 Å². The lowest BCUT2D eigenvalue weighted by Gasteiger charge is -2.50. The van der Waals surface area contributed by atoms with Crippen molar-refractivity contribution in [3.05, 3.63) is 11.9 Å². The van der Waals surface area contributed by atoms with Crippen LogP contribution in [0.1, 0.15) is 50.6 Å². The summed E-state index contributed by atoms with van der Waals surface area (Å²) in [5.74, 6) is 1.86. The third-order valence-electron chi connectivity index (χ3n) is 7.72. The maximum absolute atomic E-state index is 13.0. The summed E-state index contributed by atoms with van der Waals surface area (Å²) in [5.41, 5.74) is 1.16. The first-order valence-corrected chi connectivity index (χ1v) is 11.8. The molecule has 0 radical (unpaired) electrons. The highest BCUT2D eigenvalue weighted by Gasteiger charge is 2.44. The van der Waals surface area contributed by atoms with E-state index in [0.717, 1.165) is 63.6 Å². The summed E-state index contributed by atoms with van der Waals surface area (Å²) in [4.78, 5) is 17.6. The monoisotopic (exact) mass is 401 g/mol. The fourth-order valence-corrected chi connectivity index (χ4v) is 6.05. The van der Waals surface area contributed by atoms with Gasteiger partial charge in [-0.3, -0.25) is 14.4 Å². The van der Waals surface area contributed by atoms with Crippen LogP contribution in [0.5, 0.6) is 0 Å². The van der Waals surface area contributed by atoms with Gasteiger partial charge >= 0.3 is 0 Å². The number of aromatic nitrogens is 3. The van der Waals surface area contributed by atoms with Crippen molar-refractivity contribution in [1.82, 2.24) is 24.8 Å². The number of carbonyl (C=O) groups is 1. The van der Waals surface area contributed by atoms with Crippen molar-refractivity contribution in [2.45, 2.75) is 64.0 Å². The van der Waals surface area contributed by atoms with Gasteiger partial charge in [0, 0.05) is 31.9 Å². The van der Waals surface area contributed by atoms with Gasteiger partial charge in [0.2, 0.25) is 5.91 Å². The number of nitrogens with zero attached hydrogens (tertiary/aromatic N) is 5. The van der Waals surface area contributed by atoms with E-state index in [2.05, 4.69) is 26.1 Å². The van der Waals surface area contributed by atoms with E-state index >= 15 is 0 Å². The standard InChI is InChI=1S/C22H35N5O2/c28-22(25-8-10-29-11-9-25)21-16-26-7-6-18(21)13-20(26)15-27-14-19(23-24-27)12-17-4-2-1-3-5-17/h14,17-18,20-21H,1-13,15-16H2/t18-,20-,21+/m1/s1. The molecule has 160 valence electrons. The van der Waals surface area contributed by atoms with Gasteiger partial charge in [0.05, 0.1) is 31.4 Å². The molecule has 1 unspecified atom stereocenters. The van der Waals surface area contributed by atoms with Gasteiger partial charge in [-0.25, -0.2) is 0 Å². The van der Waals surface area contributed by atoms with Crippen molar-refractivity contribution >= 4 is 5.91 Å². The van der Waals surface area contributed by atoms with E-state index in [-0.39, 0.29) is 5.92 Å². The van der Waals surface area contributed by atoms with E-state index in [4.69, 9.17) is 4.74 Å². The first-order valence-electron chi connectivity index (χ1n) is 11.8. The normalized spacial score (nSPS) is 33.2. The minimum Gasteiger partial charge on any atom is -0.378 e. The van der Waals surface area contributed by atoms with Gasteiger partial charge in [-0.15, -0.1) is 5.10 Å². The number of rotatable bonds is 5. The van der Waals surface area contributed by atoms with Crippen LogP contribution in [0.2, 0.25) is 0 Å². The number of morpholine rings is 1. The molecule has 4 saturated heterocycles. The van der Waals surface area contributed by atoms with Crippen LogP contribution >= 0.6 is 0 Å². The lowest BCUT2D eigenvalue weighted by Crippen LogP contribution is -2.59. The number of piperidine rings is 3. The molecule has 5 aliphatic rings. The Bertz CT molecular complexity index is 695. The summed E-state index contributed by atoms with van der Waals surface area (Å²) >= 11 is 0. The maximum atomic E-state index is 13.0. The molecular weight excluding hydrogens is 366 g/mol. The number of hydrogen-bond donors (Lipinski definition) is 0. The van der Waals surface area contributed by atoms with E-state index in [1.807, 2.05) is 4.90 Å². The fraction of sp³-hybridized carbons (Fsp3) is 0.864. The number of fused-ring (bicyclic) bond motifs is 3. The molecule has 1 saturated carbocycles. The quantitative estimate of drug-likeness (QED) is 0.755. The Kier molecular flexibility index (Phi) is 5.86. The zero-order valence-electron chi connectivity index (χ0n) is 17.5. The molecule has 4 aliphatic heterocycles. The van der Waals surface area contributed by atoms with Crippen LogP contribution in [0, 0.1) is 17.8 Å². The summed E-state index contributed by atoms with van der Waals surface area (Å²) in [6.45, 7) is 5.83. The zero-order chi connectivity index (χ0) is 19.6. The largest absolute Gasteiger partial charge is 0.378 e. The van der Waals surface area contributed by atoms with Gasteiger partial charge in [-0.05, 0) is 37.6 Å². The summed E-state index contributed by atoms with van der Waals surface area (Å²) in [7, 11) is 0. The highest BCUT2D eigenvalue weighted by atomic mass is 16.5. The van der Waals surface area contributed by atoms with Gasteiger partial charge in [-0.1, -0.05) is 37.3 Å². The Morgan fingerprint density at radius 3 is 2.69 bits per heavy atom. The van der Waals surface area contributed by atoms with Gasteiger partial charge < -0.3 is 9.64 Å². The van der Waals surface area contributed by atoms with Gasteiger partial charge in [-0.2, -0.15) is 0 Å². The molecule has 1 aliphatic carbocycles. The molecular formula is C22H35N5O2. The Morgan fingerprint density at radius 2 is 1.93 bits per heavy atom. The van der Waals surface area contributed by atoms with Gasteiger partial charge in [0.15, 0.2) is 0 Å². The molecule has 0 aromatic carbocycles. The highest BCUT2D eigenvalue weighted by molar-refractivity contribution is 5.79. The number of amides is 1. The molecule has 1 aromatic heterocycles. The van der Waals surface area contributed by atoms with Crippen molar-refractivity contribution in [3.63, 3.8) is 0 Å². The van der Waals surface area contributed by atoms with Crippen molar-refractivity contribution in [3.8, 4) is 0 Å². The molecule has 1 amide bonds. The molecule has 1 aromatic rings. The summed E-state index contributed by atoms with van der Waals surface area (Å²) in [5, 5.41) is 8.90. The third kappa shape index (κ3) is 4.36. The second-order valence-electron chi connectivity index (χ2n) is 9.62. The molecule has 7 nitrogen and oxygen atoms in total. The van der Waals surface area contributed by atoms with Gasteiger partial charge in [0.25, 0.3) is 0 Å². The van der Waals surface area contributed by atoms with Crippen LogP contribution in [0.25, 0.3) is 0 Å². The average Bonchev–Trinajstić information content (AvgIpc) is 3.21. The average molecular weight is 402 g/mol. The lowest BCUT2D eigenvalue weighted by molar-refractivity contribution is -0.148. The second kappa shape index (κ2) is 8.72. The SMILES string of the molecule is O=C([C@H]1CN2CC[C@@H]1C[C@@H]2Cn1cc(CC2CCCCC2)nn1)N1CCOCC1. The Morgan fingerprint density at radius 1 is 1.10 bits per heavy atom. The first kappa shape index (κ1) is 19.5. The number of ether oxygens (including phenoxy) is 1. The Balaban J connectivity index is 1.16. The molecule has 5 fully saturated rings. The number of hydrogen-bond acceptors (Lipinski definition) is 5. The molecule has 6 rings (SSSR count). The Hall–Kier alpha value is -1.47. The second-order valence-corrected chi connectivity index (χ2v) is 9.62.